The average molecular weight is 635 g/mol. The molecule has 0 aromatic carbocycles. The van der Waals surface area contributed by atoms with E-state index in [0.717, 1.165) is 0 Å². The quantitative estimate of drug-likeness (QED) is 0.120. The second-order valence-electron chi connectivity index (χ2n) is 3.77. The zero-order valence-corrected chi connectivity index (χ0v) is 22.4. The summed E-state index contributed by atoms with van der Waals surface area (Å²) in [4.78, 5) is 33.9. The SMILES string of the molecule is O.O.O=P(O)(O)OC[C@H]1O[C@H](COP(=O)(O)O)[C@@H](O)[C@@H]1O.[Ba].[Ba]. The van der Waals surface area contributed by atoms with Gasteiger partial charge in [0.15, 0.2) is 0 Å². The molecular formula is C6H18Ba2O13P2. The number of hydrogen-bond acceptors (Lipinski definition) is 7. The molecule has 1 aliphatic rings. The summed E-state index contributed by atoms with van der Waals surface area (Å²) in [6, 6.07) is 0. The van der Waals surface area contributed by atoms with Crippen molar-refractivity contribution in [1.29, 1.82) is 0 Å². The first-order valence-electron chi connectivity index (χ1n) is 4.91. The van der Waals surface area contributed by atoms with Gasteiger partial charge >= 0.3 is 15.6 Å². The average Bonchev–Trinajstić information content (AvgIpc) is 2.49. The molecule has 0 aromatic heterocycles. The van der Waals surface area contributed by atoms with Crippen molar-refractivity contribution in [2.45, 2.75) is 24.4 Å². The van der Waals surface area contributed by atoms with E-state index in [1.807, 2.05) is 0 Å². The second-order valence-corrected chi connectivity index (χ2v) is 6.25. The number of rotatable bonds is 6. The molecule has 0 amide bonds. The van der Waals surface area contributed by atoms with E-state index in [2.05, 4.69) is 9.05 Å². The van der Waals surface area contributed by atoms with Crippen LogP contribution in [0.25, 0.3) is 0 Å². The van der Waals surface area contributed by atoms with Crippen LogP contribution in [0.4, 0.5) is 0 Å². The number of aliphatic hydroxyl groups excluding tert-OH is 2. The molecule has 10 N–H and O–H groups in total. The van der Waals surface area contributed by atoms with E-state index < -0.39 is 53.3 Å². The predicted octanol–water partition coefficient (Wildman–Crippen LogP) is -4.72. The van der Waals surface area contributed by atoms with Gasteiger partial charge < -0.3 is 45.5 Å². The Morgan fingerprint density at radius 1 is 0.783 bits per heavy atom. The normalized spacial score (nSPS) is 27.0. The molecule has 1 heterocycles. The van der Waals surface area contributed by atoms with Crippen LogP contribution in [0.1, 0.15) is 0 Å². The summed E-state index contributed by atoms with van der Waals surface area (Å²) in [5.74, 6) is 0. The molecule has 4 radical (unpaired) electrons. The minimum Gasteiger partial charge on any atom is -0.412 e. The van der Waals surface area contributed by atoms with Crippen molar-refractivity contribution in [2.75, 3.05) is 13.2 Å². The Balaban J connectivity index is -0.000000451. The summed E-state index contributed by atoms with van der Waals surface area (Å²) in [5, 5.41) is 19.0. The summed E-state index contributed by atoms with van der Waals surface area (Å²) in [5.41, 5.74) is 0. The van der Waals surface area contributed by atoms with E-state index in [1.165, 1.54) is 0 Å². The molecule has 13 nitrogen and oxygen atoms in total. The second kappa shape index (κ2) is 14.2. The standard InChI is InChI=1S/C6H14O11P2.2Ba.2H2O/c7-5-3(1-15-18(9,10)11)17-4(6(5)8)2-16-19(12,13)14;;;;/h3-8H,1-2H2,(H2,9,10,11)(H2,12,13,14);;;2*1H2/t3-,4-,5-,6-;;;;/m1..../s1. The predicted molar refractivity (Wildman–Crippen MR) is 75.4 cm³/mol. The first-order valence-corrected chi connectivity index (χ1v) is 7.97. The van der Waals surface area contributed by atoms with E-state index in [1.54, 1.807) is 0 Å². The van der Waals surface area contributed by atoms with Gasteiger partial charge in [-0.05, 0) is 0 Å². The fourth-order valence-corrected chi connectivity index (χ4v) is 2.12. The number of aliphatic hydroxyl groups is 2. The number of phosphoric acid groups is 2. The first-order chi connectivity index (χ1) is 8.49. The van der Waals surface area contributed by atoms with Gasteiger partial charge in [-0.1, -0.05) is 0 Å². The zero-order chi connectivity index (χ0) is 14.8. The fourth-order valence-electron chi connectivity index (χ4n) is 1.44. The maximum Gasteiger partial charge on any atom is 0.469 e. The van der Waals surface area contributed by atoms with Crippen molar-refractivity contribution in [1.82, 2.24) is 0 Å². The Bertz CT molecular complexity index is 362. The van der Waals surface area contributed by atoms with Crippen LogP contribution in [0.5, 0.6) is 0 Å². The van der Waals surface area contributed by atoms with E-state index in [-0.39, 0.29) is 109 Å². The molecule has 0 aliphatic carbocycles. The summed E-state index contributed by atoms with van der Waals surface area (Å²) in [7, 11) is -9.51. The maximum absolute atomic E-state index is 10.5. The number of phosphoric ester groups is 2. The van der Waals surface area contributed by atoms with Gasteiger partial charge in [0.05, 0.1) is 13.2 Å². The molecule has 0 spiro atoms. The van der Waals surface area contributed by atoms with Crippen LogP contribution in [0.3, 0.4) is 0 Å². The molecule has 134 valence electrons. The van der Waals surface area contributed by atoms with Crippen LogP contribution in [0.2, 0.25) is 0 Å². The van der Waals surface area contributed by atoms with Gasteiger partial charge in [-0.3, -0.25) is 9.05 Å². The summed E-state index contributed by atoms with van der Waals surface area (Å²) in [6.07, 6.45) is -5.57. The molecule has 1 rings (SSSR count). The van der Waals surface area contributed by atoms with Gasteiger partial charge in [-0.2, -0.15) is 0 Å². The minimum atomic E-state index is -4.75. The molecule has 0 saturated carbocycles. The monoisotopic (exact) mass is 636 g/mol. The van der Waals surface area contributed by atoms with Gasteiger partial charge in [-0.15, -0.1) is 0 Å². The van der Waals surface area contributed by atoms with Gasteiger partial charge in [0, 0.05) is 97.8 Å². The van der Waals surface area contributed by atoms with E-state index in [4.69, 9.17) is 24.3 Å². The van der Waals surface area contributed by atoms with Crippen molar-refractivity contribution >= 4 is 113 Å². The molecule has 0 aromatic rings. The third kappa shape index (κ3) is 13.9. The first kappa shape index (κ1) is 33.7. The topological polar surface area (TPSA) is 246 Å². The van der Waals surface area contributed by atoms with Crippen molar-refractivity contribution in [3.05, 3.63) is 0 Å². The largest absolute Gasteiger partial charge is 0.469 e. The van der Waals surface area contributed by atoms with Crippen LogP contribution in [-0.4, -0.2) is 176 Å². The molecule has 23 heavy (non-hydrogen) atoms. The van der Waals surface area contributed by atoms with Crippen LogP contribution in [0, 0.1) is 0 Å². The molecule has 0 unspecified atom stereocenters. The Hall–Kier alpha value is 3.16. The molecule has 17 heteroatoms. The summed E-state index contributed by atoms with van der Waals surface area (Å²) < 4.78 is 34.1. The van der Waals surface area contributed by atoms with Crippen molar-refractivity contribution in [3.8, 4) is 0 Å². The Kier molecular flexibility index (Phi) is 20.8. The van der Waals surface area contributed by atoms with Gasteiger partial charge in [-0.25, -0.2) is 9.13 Å². The Morgan fingerprint density at radius 2 is 1.04 bits per heavy atom. The van der Waals surface area contributed by atoms with E-state index in [9.17, 15) is 19.3 Å². The molecule has 1 aliphatic heterocycles. The fraction of sp³-hybridized carbons (Fsp3) is 1.00. The van der Waals surface area contributed by atoms with E-state index >= 15 is 0 Å². The van der Waals surface area contributed by atoms with Crippen LogP contribution < -0.4 is 0 Å². The van der Waals surface area contributed by atoms with Gasteiger partial charge in [0.1, 0.15) is 24.4 Å². The molecule has 1 fully saturated rings. The summed E-state index contributed by atoms with van der Waals surface area (Å²) in [6.45, 7) is -1.40. The van der Waals surface area contributed by atoms with Crippen LogP contribution in [0.15, 0.2) is 0 Å². The Morgan fingerprint density at radius 3 is 1.26 bits per heavy atom. The summed E-state index contributed by atoms with van der Waals surface area (Å²) >= 11 is 0. The minimum absolute atomic E-state index is 0. The third-order valence-electron chi connectivity index (χ3n) is 2.28. The Labute approximate surface area is 211 Å². The van der Waals surface area contributed by atoms with Crippen molar-refractivity contribution in [3.63, 3.8) is 0 Å². The smallest absolute Gasteiger partial charge is 0.412 e. The zero-order valence-electron chi connectivity index (χ0n) is 11.8. The third-order valence-corrected chi connectivity index (χ3v) is 3.25. The number of hydrogen-bond donors (Lipinski definition) is 6. The molecular weight excluding hydrogens is 617 g/mol. The van der Waals surface area contributed by atoms with Crippen LogP contribution in [-0.2, 0) is 22.9 Å². The molecule has 1 saturated heterocycles. The van der Waals surface area contributed by atoms with E-state index in [0.29, 0.717) is 0 Å². The number of ether oxygens (including phenoxy) is 1. The van der Waals surface area contributed by atoms with Crippen molar-refractivity contribution < 1.29 is 63.7 Å². The molecule has 4 atom stereocenters. The van der Waals surface area contributed by atoms with Gasteiger partial charge in [0.2, 0.25) is 0 Å². The molecule has 0 bridgehead atoms. The maximum atomic E-state index is 10.5. The van der Waals surface area contributed by atoms with Crippen LogP contribution >= 0.6 is 15.6 Å². The van der Waals surface area contributed by atoms with Gasteiger partial charge in [0.25, 0.3) is 0 Å². The van der Waals surface area contributed by atoms with Crippen molar-refractivity contribution in [2.24, 2.45) is 0 Å².